The van der Waals surface area contributed by atoms with E-state index in [1.165, 1.54) is 0 Å². The number of thiazole rings is 1. The number of piperidine rings is 1. The maximum atomic E-state index is 12.8. The van der Waals surface area contributed by atoms with Crippen LogP contribution < -0.4 is 10.2 Å². The number of aromatic nitrogens is 2. The first-order chi connectivity index (χ1) is 14.1. The molecule has 3 aromatic rings. The number of anilines is 2. The maximum absolute atomic E-state index is 12.8. The minimum Gasteiger partial charge on any atom is -0.462 e. The van der Waals surface area contributed by atoms with Gasteiger partial charge >= 0.3 is 5.97 Å². The average Bonchev–Trinajstić information content (AvgIpc) is 3.19. The number of hydrogen-bond acceptors (Lipinski definition) is 7. The summed E-state index contributed by atoms with van der Waals surface area (Å²) >= 11 is 1.56. The van der Waals surface area contributed by atoms with E-state index in [0.717, 1.165) is 34.9 Å². The third kappa shape index (κ3) is 4.37. The van der Waals surface area contributed by atoms with Gasteiger partial charge in [0.1, 0.15) is 10.3 Å². The number of fused-ring (bicyclic) bond motifs is 1. The molecule has 1 N–H and O–H groups in total. The van der Waals surface area contributed by atoms with Crippen molar-refractivity contribution in [3.05, 3.63) is 48.2 Å². The Bertz CT molecular complexity index is 985. The molecule has 0 spiro atoms. The van der Waals surface area contributed by atoms with Gasteiger partial charge in [0, 0.05) is 25.0 Å². The quantitative estimate of drug-likeness (QED) is 0.646. The van der Waals surface area contributed by atoms with Crippen LogP contribution in [0.1, 0.15) is 30.1 Å². The molecular formula is C21H22N4O3S. The van der Waals surface area contributed by atoms with Crippen LogP contribution in [-0.4, -0.2) is 41.5 Å². The molecule has 3 heterocycles. The SMILES string of the molecule is CCOC(=O)c1ccc(NC(=O)[C@H]2CCCN(c3nc4cccnc4s3)C2)cc1. The summed E-state index contributed by atoms with van der Waals surface area (Å²) in [4.78, 5) is 36.6. The minimum atomic E-state index is -0.362. The number of carbonyl (C=O) groups excluding carboxylic acids is 2. The fourth-order valence-electron chi connectivity index (χ4n) is 3.41. The molecule has 1 aliphatic rings. The fourth-order valence-corrected chi connectivity index (χ4v) is 4.35. The molecule has 1 saturated heterocycles. The topological polar surface area (TPSA) is 84.4 Å². The highest BCUT2D eigenvalue weighted by Gasteiger charge is 2.27. The Labute approximate surface area is 172 Å². The highest BCUT2D eigenvalue weighted by Crippen LogP contribution is 2.30. The highest BCUT2D eigenvalue weighted by atomic mass is 32.1. The number of nitrogens with zero attached hydrogens (tertiary/aromatic N) is 3. The van der Waals surface area contributed by atoms with Crippen LogP contribution in [0.5, 0.6) is 0 Å². The first-order valence-electron chi connectivity index (χ1n) is 9.68. The zero-order chi connectivity index (χ0) is 20.2. The maximum Gasteiger partial charge on any atom is 0.338 e. The van der Waals surface area contributed by atoms with Crippen molar-refractivity contribution >= 4 is 44.4 Å². The van der Waals surface area contributed by atoms with Gasteiger partial charge in [-0.1, -0.05) is 11.3 Å². The van der Waals surface area contributed by atoms with Crippen molar-refractivity contribution < 1.29 is 14.3 Å². The standard InChI is InChI=1S/C21H22N4O3S/c1-2-28-20(27)14-7-9-16(10-8-14)23-18(26)15-5-4-12-25(13-15)21-24-17-6-3-11-22-19(17)29-21/h3,6-11,15H,2,4-5,12-13H2,1H3,(H,23,26)/t15-/m0/s1. The van der Waals surface area contributed by atoms with E-state index in [-0.39, 0.29) is 17.8 Å². The van der Waals surface area contributed by atoms with E-state index in [2.05, 4.69) is 20.2 Å². The molecule has 1 atom stereocenters. The van der Waals surface area contributed by atoms with Gasteiger partial charge in [0.2, 0.25) is 5.91 Å². The molecule has 0 radical (unpaired) electrons. The number of nitrogens with one attached hydrogen (secondary N) is 1. The van der Waals surface area contributed by atoms with Gasteiger partial charge in [-0.25, -0.2) is 14.8 Å². The summed E-state index contributed by atoms with van der Waals surface area (Å²) in [6.45, 7) is 3.62. The number of benzene rings is 1. The predicted octanol–water partition coefficient (Wildman–Crippen LogP) is 3.72. The lowest BCUT2D eigenvalue weighted by molar-refractivity contribution is -0.120. The zero-order valence-electron chi connectivity index (χ0n) is 16.1. The molecule has 1 aliphatic heterocycles. The molecule has 8 heteroatoms. The van der Waals surface area contributed by atoms with E-state index in [1.807, 2.05) is 12.1 Å². The Morgan fingerprint density at radius 1 is 1.28 bits per heavy atom. The summed E-state index contributed by atoms with van der Waals surface area (Å²) < 4.78 is 4.98. The number of rotatable bonds is 5. The molecule has 7 nitrogen and oxygen atoms in total. The van der Waals surface area contributed by atoms with E-state index in [1.54, 1.807) is 48.7 Å². The molecule has 0 aliphatic carbocycles. The van der Waals surface area contributed by atoms with Crippen LogP contribution in [0.25, 0.3) is 10.3 Å². The summed E-state index contributed by atoms with van der Waals surface area (Å²) in [6.07, 6.45) is 3.54. The van der Waals surface area contributed by atoms with Crippen LogP contribution in [0.15, 0.2) is 42.6 Å². The van der Waals surface area contributed by atoms with Crippen LogP contribution in [0.4, 0.5) is 10.8 Å². The van der Waals surface area contributed by atoms with Gasteiger partial charge in [-0.2, -0.15) is 0 Å². The largest absolute Gasteiger partial charge is 0.462 e. The van der Waals surface area contributed by atoms with Gasteiger partial charge in [-0.3, -0.25) is 4.79 Å². The van der Waals surface area contributed by atoms with Crippen LogP contribution in [0, 0.1) is 5.92 Å². The highest BCUT2D eigenvalue weighted by molar-refractivity contribution is 7.21. The van der Waals surface area contributed by atoms with Gasteiger partial charge in [-0.15, -0.1) is 0 Å². The lowest BCUT2D eigenvalue weighted by Crippen LogP contribution is -2.40. The molecule has 1 amide bonds. The van der Waals surface area contributed by atoms with Gasteiger partial charge in [0.25, 0.3) is 0 Å². The van der Waals surface area contributed by atoms with E-state index in [4.69, 9.17) is 4.74 Å². The van der Waals surface area contributed by atoms with E-state index in [9.17, 15) is 9.59 Å². The van der Waals surface area contributed by atoms with Crippen molar-refractivity contribution in [2.45, 2.75) is 19.8 Å². The number of esters is 1. The van der Waals surface area contributed by atoms with Gasteiger partial charge in [0.15, 0.2) is 5.13 Å². The zero-order valence-corrected chi connectivity index (χ0v) is 16.9. The summed E-state index contributed by atoms with van der Waals surface area (Å²) in [5.74, 6) is -0.495. The number of amides is 1. The van der Waals surface area contributed by atoms with Gasteiger partial charge < -0.3 is 15.0 Å². The number of ether oxygens (including phenoxy) is 1. The minimum absolute atomic E-state index is 0.0159. The first kappa shape index (κ1) is 19.3. The van der Waals surface area contributed by atoms with Crippen LogP contribution in [0.3, 0.4) is 0 Å². The third-order valence-corrected chi connectivity index (χ3v) is 5.92. The second kappa shape index (κ2) is 8.57. The van der Waals surface area contributed by atoms with Crippen molar-refractivity contribution in [3.63, 3.8) is 0 Å². The molecule has 1 fully saturated rings. The molecule has 0 unspecified atom stereocenters. The second-order valence-electron chi connectivity index (χ2n) is 6.90. The first-order valence-corrected chi connectivity index (χ1v) is 10.5. The van der Waals surface area contributed by atoms with Crippen molar-refractivity contribution in [1.29, 1.82) is 0 Å². The van der Waals surface area contributed by atoms with E-state index in [0.29, 0.717) is 24.4 Å². The van der Waals surface area contributed by atoms with Crippen molar-refractivity contribution in [3.8, 4) is 0 Å². The summed E-state index contributed by atoms with van der Waals surface area (Å²) in [7, 11) is 0. The summed E-state index contributed by atoms with van der Waals surface area (Å²) in [6, 6.07) is 10.6. The van der Waals surface area contributed by atoms with E-state index < -0.39 is 0 Å². The second-order valence-corrected chi connectivity index (χ2v) is 7.85. The number of pyridine rings is 1. The van der Waals surface area contributed by atoms with Crippen molar-refractivity contribution in [1.82, 2.24) is 9.97 Å². The molecule has 29 heavy (non-hydrogen) atoms. The lowest BCUT2D eigenvalue weighted by atomic mass is 9.97. The van der Waals surface area contributed by atoms with E-state index >= 15 is 0 Å². The fraction of sp³-hybridized carbons (Fsp3) is 0.333. The summed E-state index contributed by atoms with van der Waals surface area (Å²) in [5.41, 5.74) is 2.03. The summed E-state index contributed by atoms with van der Waals surface area (Å²) in [5, 5.41) is 3.87. The molecule has 4 rings (SSSR count). The Balaban J connectivity index is 1.40. The number of hydrogen-bond donors (Lipinski definition) is 1. The van der Waals surface area contributed by atoms with Crippen LogP contribution in [0.2, 0.25) is 0 Å². The Hall–Kier alpha value is -3.00. The average molecular weight is 410 g/mol. The Morgan fingerprint density at radius 2 is 2.10 bits per heavy atom. The van der Waals surface area contributed by atoms with Crippen molar-refractivity contribution in [2.24, 2.45) is 5.92 Å². The van der Waals surface area contributed by atoms with Gasteiger partial charge in [0.05, 0.1) is 18.1 Å². The third-order valence-electron chi connectivity index (χ3n) is 4.88. The number of carbonyl (C=O) groups is 2. The van der Waals surface area contributed by atoms with Crippen LogP contribution in [-0.2, 0) is 9.53 Å². The van der Waals surface area contributed by atoms with Crippen molar-refractivity contribution in [2.75, 3.05) is 29.9 Å². The normalized spacial score (nSPS) is 16.6. The molecule has 2 aromatic heterocycles. The molecular weight excluding hydrogens is 388 g/mol. The lowest BCUT2D eigenvalue weighted by Gasteiger charge is -2.31. The Morgan fingerprint density at radius 3 is 2.86 bits per heavy atom. The molecule has 0 saturated carbocycles. The predicted molar refractivity (Wildman–Crippen MR) is 113 cm³/mol. The molecule has 0 bridgehead atoms. The van der Waals surface area contributed by atoms with Crippen LogP contribution >= 0.6 is 11.3 Å². The van der Waals surface area contributed by atoms with Gasteiger partial charge in [-0.05, 0) is 56.2 Å². The Kier molecular flexibility index (Phi) is 5.71. The monoisotopic (exact) mass is 410 g/mol. The molecule has 1 aromatic carbocycles. The molecule has 150 valence electrons. The smallest absolute Gasteiger partial charge is 0.338 e.